The molecule has 0 N–H and O–H groups in total. The summed E-state index contributed by atoms with van der Waals surface area (Å²) < 4.78 is 138. The molecule has 0 aromatic heterocycles. The molecule has 14 heteroatoms. The molecule has 4 nitrogen and oxygen atoms in total. The normalized spacial score (nSPS) is 18.7. The number of halogens is 10. The molecule has 3 aromatic rings. The van der Waals surface area contributed by atoms with Crippen LogP contribution in [-0.2, 0) is 6.18 Å². The molecule has 0 bridgehead atoms. The van der Waals surface area contributed by atoms with E-state index in [9.17, 15) is 65.0 Å². The van der Waals surface area contributed by atoms with E-state index < -0.39 is 65.0 Å². The largest absolute Gasteiger partial charge is 0.422 e. The van der Waals surface area contributed by atoms with Gasteiger partial charge in [0.05, 0.1) is 0 Å². The van der Waals surface area contributed by atoms with Crippen molar-refractivity contribution in [1.29, 1.82) is 21.0 Å². The van der Waals surface area contributed by atoms with Gasteiger partial charge in [-0.1, -0.05) is 24.3 Å². The molecule has 2 atom stereocenters. The van der Waals surface area contributed by atoms with E-state index in [2.05, 4.69) is 0 Å². The summed E-state index contributed by atoms with van der Waals surface area (Å²) in [7, 11) is 0. The van der Waals surface area contributed by atoms with E-state index in [0.717, 1.165) is 0 Å². The number of allylic oxidation sites excluding steroid dienone is 12. The van der Waals surface area contributed by atoms with Crippen LogP contribution in [0, 0.1) is 62.9 Å². The van der Waals surface area contributed by atoms with Crippen molar-refractivity contribution in [3.05, 3.63) is 140 Å². The maximum absolute atomic E-state index is 14.6. The zero-order chi connectivity index (χ0) is 39.0. The van der Waals surface area contributed by atoms with Gasteiger partial charge in [0.15, 0.2) is 0 Å². The lowest BCUT2D eigenvalue weighted by atomic mass is 9.79. The topological polar surface area (TPSA) is 95.2 Å². The van der Waals surface area contributed by atoms with Crippen LogP contribution in [0.3, 0.4) is 0 Å². The Kier molecular flexibility index (Phi) is 8.27. The summed E-state index contributed by atoms with van der Waals surface area (Å²) in [5, 5.41) is 39.9. The van der Waals surface area contributed by atoms with Crippen LogP contribution in [0.4, 0.5) is 43.9 Å². The Hall–Kier alpha value is -6.64. The van der Waals surface area contributed by atoms with Gasteiger partial charge in [-0.25, -0.2) is 17.6 Å². The Balaban J connectivity index is 1.37. The monoisotopic (exact) mass is 742 g/mol. The van der Waals surface area contributed by atoms with Crippen molar-refractivity contribution in [2.24, 2.45) is 5.92 Å². The summed E-state index contributed by atoms with van der Waals surface area (Å²) in [6.07, 6.45) is -9.00. The van der Waals surface area contributed by atoms with Gasteiger partial charge in [0.2, 0.25) is 0 Å². The van der Waals surface area contributed by atoms with Crippen molar-refractivity contribution in [2.75, 3.05) is 0 Å². The fraction of sp³-hybridized carbons (Fsp3) is 0.150. The van der Waals surface area contributed by atoms with Crippen LogP contribution < -0.4 is 0 Å². The Bertz CT molecular complexity index is 2560. The summed E-state index contributed by atoms with van der Waals surface area (Å²) in [4.78, 5) is 0. The minimum atomic E-state index is -5.30. The Morgan fingerprint density at radius 1 is 0.648 bits per heavy atom. The molecular formula is C40H16F10N4. The maximum Gasteiger partial charge on any atom is 0.422 e. The predicted molar refractivity (Wildman–Crippen MR) is 173 cm³/mol. The van der Waals surface area contributed by atoms with E-state index >= 15 is 0 Å². The molecule has 0 spiro atoms. The van der Waals surface area contributed by atoms with Crippen molar-refractivity contribution >= 4 is 22.3 Å². The second-order valence-electron chi connectivity index (χ2n) is 12.7. The molecule has 54 heavy (non-hydrogen) atoms. The zero-order valence-electron chi connectivity index (χ0n) is 26.9. The first-order valence-electron chi connectivity index (χ1n) is 15.8. The number of hydrogen-bond donors (Lipinski definition) is 0. The van der Waals surface area contributed by atoms with Crippen molar-refractivity contribution in [2.45, 2.75) is 31.1 Å². The summed E-state index contributed by atoms with van der Waals surface area (Å²) in [6, 6.07) is 17.2. The lowest BCUT2D eigenvalue weighted by Crippen LogP contribution is -2.18. The first-order valence-corrected chi connectivity index (χ1v) is 15.8. The average molecular weight is 743 g/mol. The summed E-state index contributed by atoms with van der Waals surface area (Å²) in [6.45, 7) is 0. The van der Waals surface area contributed by atoms with Gasteiger partial charge in [-0.15, -0.1) is 0 Å². The molecule has 0 saturated carbocycles. The maximum atomic E-state index is 14.6. The van der Waals surface area contributed by atoms with E-state index in [1.165, 1.54) is 30.3 Å². The van der Waals surface area contributed by atoms with Gasteiger partial charge < -0.3 is 0 Å². The number of nitriles is 4. The number of hydrogen-bond acceptors (Lipinski definition) is 4. The van der Waals surface area contributed by atoms with Crippen molar-refractivity contribution < 1.29 is 43.9 Å². The molecule has 0 amide bonds. The highest BCUT2D eigenvalue weighted by molar-refractivity contribution is 6.12. The van der Waals surface area contributed by atoms with Crippen LogP contribution in [0.25, 0.3) is 33.4 Å². The molecule has 0 heterocycles. The number of alkyl halides is 6. The number of fused-ring (bicyclic) bond motifs is 5. The van der Waals surface area contributed by atoms with Crippen molar-refractivity contribution in [3.8, 4) is 35.4 Å². The highest BCUT2D eigenvalue weighted by Gasteiger charge is 2.44. The number of rotatable bonds is 2. The van der Waals surface area contributed by atoms with E-state index in [-0.39, 0.29) is 51.0 Å². The molecule has 3 aromatic carbocycles. The van der Waals surface area contributed by atoms with Crippen LogP contribution in [-0.4, -0.2) is 6.18 Å². The Labute approximate surface area is 299 Å². The quantitative estimate of drug-likeness (QED) is 0.193. The standard InChI is InChI=1S/C40H16F10N4/c41-31-7-19(8-32(42)37(31)39(45,46)47)17-1-3-23-25-11-26-24-4-2-18(20-9-33(43)38(34(44)10-20)40(48,49)50)6-28(24)36(22(15-53)16-54)30(26)12-29(25)35(27(23)5-17)21(13-51)14-52/h1-9,11,20,29H,10,12H2. The first kappa shape index (κ1) is 35.7. The van der Waals surface area contributed by atoms with Crippen LogP contribution >= 0.6 is 0 Å². The van der Waals surface area contributed by atoms with Crippen LogP contribution in [0.15, 0.2) is 94.6 Å². The van der Waals surface area contributed by atoms with Crippen LogP contribution in [0.5, 0.6) is 0 Å². The third-order valence-electron chi connectivity index (χ3n) is 9.88. The summed E-state index contributed by atoms with van der Waals surface area (Å²) >= 11 is 0. The Morgan fingerprint density at radius 2 is 1.28 bits per heavy atom. The minimum Gasteiger partial charge on any atom is -0.211 e. The molecule has 4 aliphatic carbocycles. The molecule has 7 rings (SSSR count). The van der Waals surface area contributed by atoms with Gasteiger partial charge in [-0.05, 0) is 104 Å². The minimum absolute atomic E-state index is 0.00656. The first-order chi connectivity index (χ1) is 25.5. The van der Waals surface area contributed by atoms with E-state index in [4.69, 9.17) is 0 Å². The SMILES string of the molecule is N#CC(C#N)=C1C2=C(C=C3c4ccc(-c5cc(F)c(C(F)(F)F)c(F)c5)cc4C(=C(C#N)C#N)C3C2)c2ccc(C3C=C(F)C(C(F)(F)F)=C(F)C3)cc21. The second kappa shape index (κ2) is 12.5. The van der Waals surface area contributed by atoms with Gasteiger partial charge in [-0.3, -0.25) is 0 Å². The number of benzene rings is 3. The average Bonchev–Trinajstić information content (AvgIpc) is 3.58. The third kappa shape index (κ3) is 5.50. The van der Waals surface area contributed by atoms with E-state index in [0.29, 0.717) is 51.6 Å². The molecule has 2 unspecified atom stereocenters. The lowest BCUT2D eigenvalue weighted by Gasteiger charge is -2.22. The van der Waals surface area contributed by atoms with Gasteiger partial charge >= 0.3 is 12.4 Å². The predicted octanol–water partition coefficient (Wildman–Crippen LogP) is 11.3. The lowest BCUT2D eigenvalue weighted by molar-refractivity contribution is -0.142. The highest BCUT2D eigenvalue weighted by atomic mass is 19.4. The van der Waals surface area contributed by atoms with Crippen LogP contribution in [0.2, 0.25) is 0 Å². The Morgan fingerprint density at radius 3 is 1.85 bits per heavy atom. The second-order valence-corrected chi connectivity index (χ2v) is 12.7. The zero-order valence-corrected chi connectivity index (χ0v) is 26.9. The van der Waals surface area contributed by atoms with Gasteiger partial charge in [0.25, 0.3) is 0 Å². The fourth-order valence-corrected chi connectivity index (χ4v) is 7.68. The van der Waals surface area contributed by atoms with Gasteiger partial charge in [0.1, 0.15) is 69.8 Å². The fourth-order valence-electron chi connectivity index (χ4n) is 7.68. The molecule has 4 aliphatic rings. The summed E-state index contributed by atoms with van der Waals surface area (Å²) in [5.41, 5.74) is -1.40. The number of nitrogens with zero attached hydrogens (tertiary/aromatic N) is 4. The van der Waals surface area contributed by atoms with Gasteiger partial charge in [0, 0.05) is 23.8 Å². The smallest absolute Gasteiger partial charge is 0.211 e. The molecule has 0 saturated heterocycles. The molecule has 0 radical (unpaired) electrons. The molecule has 0 fully saturated rings. The highest BCUT2D eigenvalue weighted by Crippen LogP contribution is 2.59. The molecular weight excluding hydrogens is 726 g/mol. The molecule has 266 valence electrons. The summed E-state index contributed by atoms with van der Waals surface area (Å²) in [5.74, 6) is -9.08. The van der Waals surface area contributed by atoms with Crippen molar-refractivity contribution in [1.82, 2.24) is 0 Å². The van der Waals surface area contributed by atoms with E-state index in [1.807, 2.05) is 24.3 Å². The third-order valence-corrected chi connectivity index (χ3v) is 9.88. The molecule has 0 aliphatic heterocycles. The van der Waals surface area contributed by atoms with Crippen molar-refractivity contribution in [3.63, 3.8) is 0 Å². The van der Waals surface area contributed by atoms with Crippen LogP contribution in [0.1, 0.15) is 52.1 Å². The van der Waals surface area contributed by atoms with Gasteiger partial charge in [-0.2, -0.15) is 47.4 Å². The van der Waals surface area contributed by atoms with E-state index in [1.54, 1.807) is 12.1 Å².